The minimum atomic E-state index is 0.583. The first-order valence-electron chi connectivity index (χ1n) is 9.63. The quantitative estimate of drug-likeness (QED) is 0.319. The molecule has 0 saturated carbocycles. The lowest BCUT2D eigenvalue weighted by Crippen LogP contribution is -2.00. The van der Waals surface area contributed by atoms with Crippen LogP contribution in [0.15, 0.2) is 75.7 Å². The molecule has 0 radical (unpaired) electrons. The topological polar surface area (TPSA) is 78.0 Å². The van der Waals surface area contributed by atoms with Crippen LogP contribution in [-0.2, 0) is 12.3 Å². The summed E-state index contributed by atoms with van der Waals surface area (Å²) in [5.74, 6) is 3.31. The van der Waals surface area contributed by atoms with Gasteiger partial charge in [-0.15, -0.1) is 10.2 Å². The van der Waals surface area contributed by atoms with Crippen LogP contribution in [0.5, 0.6) is 5.75 Å². The van der Waals surface area contributed by atoms with E-state index in [0.29, 0.717) is 12.3 Å². The average molecular weight is 450 g/mol. The lowest BCUT2D eigenvalue weighted by Gasteiger charge is -2.09. The van der Waals surface area contributed by atoms with Crippen LogP contribution in [0.3, 0.4) is 0 Å². The number of ether oxygens (including phenoxy) is 1. The molecule has 0 atom stereocenters. The molecule has 0 saturated heterocycles. The Balaban J connectivity index is 1.35. The Labute approximate surface area is 187 Å². The van der Waals surface area contributed by atoms with Crippen molar-refractivity contribution >= 4 is 39.3 Å². The van der Waals surface area contributed by atoms with Gasteiger partial charge in [0.25, 0.3) is 0 Å². The second-order valence-electron chi connectivity index (χ2n) is 6.64. The van der Waals surface area contributed by atoms with Crippen LogP contribution in [0.25, 0.3) is 16.7 Å². The minimum Gasteiger partial charge on any atom is -0.497 e. The second-order valence-corrected chi connectivity index (χ2v) is 8.84. The highest BCUT2D eigenvalue weighted by atomic mass is 32.2. The molecular formula is C22H19N5O2S2. The van der Waals surface area contributed by atoms with Gasteiger partial charge in [0.05, 0.1) is 36.7 Å². The van der Waals surface area contributed by atoms with E-state index in [-0.39, 0.29) is 0 Å². The molecule has 0 aliphatic heterocycles. The van der Waals surface area contributed by atoms with Crippen molar-refractivity contribution in [1.82, 2.24) is 19.7 Å². The number of methoxy groups -OCH3 is 1. The molecule has 31 heavy (non-hydrogen) atoms. The Hall–Kier alpha value is -3.30. The lowest BCUT2D eigenvalue weighted by atomic mass is 10.2. The van der Waals surface area contributed by atoms with Crippen LogP contribution in [0.4, 0.5) is 5.13 Å². The van der Waals surface area contributed by atoms with Gasteiger partial charge in [0.1, 0.15) is 17.3 Å². The van der Waals surface area contributed by atoms with Crippen LogP contribution in [-0.4, -0.2) is 26.9 Å². The number of furan rings is 1. The molecule has 0 fully saturated rings. The van der Waals surface area contributed by atoms with Crippen LogP contribution in [0, 0.1) is 0 Å². The first-order valence-corrected chi connectivity index (χ1v) is 11.4. The molecule has 0 aliphatic rings. The summed E-state index contributed by atoms with van der Waals surface area (Å²) in [6, 6.07) is 20.0. The highest BCUT2D eigenvalue weighted by Gasteiger charge is 2.14. The summed E-state index contributed by atoms with van der Waals surface area (Å²) in [7, 11) is 1.67. The number of hydrogen-bond acceptors (Lipinski definition) is 8. The van der Waals surface area contributed by atoms with E-state index in [1.807, 2.05) is 54.6 Å². The number of anilines is 1. The lowest BCUT2D eigenvalue weighted by molar-refractivity contribution is 0.414. The summed E-state index contributed by atoms with van der Waals surface area (Å²) >= 11 is 3.14. The van der Waals surface area contributed by atoms with E-state index in [4.69, 9.17) is 14.1 Å². The number of fused-ring (bicyclic) bond motifs is 1. The van der Waals surface area contributed by atoms with E-state index in [0.717, 1.165) is 43.5 Å². The fourth-order valence-electron chi connectivity index (χ4n) is 3.23. The van der Waals surface area contributed by atoms with Crippen LogP contribution < -0.4 is 10.1 Å². The standard InChI is InChI=1S/C22H19N5O2S2/c1-28-16-10-8-15(9-11-16)27-19-7-3-2-6-18(19)24-20(27)14-30-22-26-25-21(31-22)23-13-17-5-4-12-29-17/h2-12H,13-14H2,1H3,(H,23,25). The molecule has 5 rings (SSSR count). The van der Waals surface area contributed by atoms with Gasteiger partial charge in [-0.2, -0.15) is 0 Å². The van der Waals surface area contributed by atoms with Gasteiger partial charge in [0.2, 0.25) is 5.13 Å². The SMILES string of the molecule is COc1ccc(-n2c(CSc3nnc(NCc4ccco4)s3)nc3ccccc32)cc1. The number of nitrogens with one attached hydrogen (secondary N) is 1. The highest BCUT2D eigenvalue weighted by molar-refractivity contribution is 8.00. The number of thioether (sulfide) groups is 1. The normalized spacial score (nSPS) is 11.1. The van der Waals surface area contributed by atoms with Crippen molar-refractivity contribution in [1.29, 1.82) is 0 Å². The van der Waals surface area contributed by atoms with Crippen molar-refractivity contribution in [2.45, 2.75) is 16.6 Å². The number of aromatic nitrogens is 4. The molecule has 0 amide bonds. The third kappa shape index (κ3) is 4.28. The Kier molecular flexibility index (Phi) is 5.59. The Morgan fingerprint density at radius 3 is 2.74 bits per heavy atom. The Morgan fingerprint density at radius 2 is 1.94 bits per heavy atom. The number of hydrogen-bond donors (Lipinski definition) is 1. The van der Waals surface area contributed by atoms with E-state index in [2.05, 4.69) is 26.1 Å². The fourth-order valence-corrected chi connectivity index (χ4v) is 4.90. The third-order valence-corrected chi connectivity index (χ3v) is 6.70. The maximum absolute atomic E-state index is 5.34. The summed E-state index contributed by atoms with van der Waals surface area (Å²) in [6.07, 6.45) is 1.66. The Bertz CT molecular complexity index is 1280. The van der Waals surface area contributed by atoms with Crippen molar-refractivity contribution in [2.75, 3.05) is 12.4 Å². The molecular weight excluding hydrogens is 430 g/mol. The summed E-state index contributed by atoms with van der Waals surface area (Å²) in [5, 5.41) is 12.5. The molecule has 2 aromatic carbocycles. The zero-order valence-electron chi connectivity index (χ0n) is 16.7. The van der Waals surface area contributed by atoms with Crippen molar-refractivity contribution < 1.29 is 9.15 Å². The number of nitrogens with zero attached hydrogens (tertiary/aromatic N) is 4. The molecule has 9 heteroatoms. The van der Waals surface area contributed by atoms with Gasteiger partial charge in [0, 0.05) is 5.69 Å². The molecule has 1 N–H and O–H groups in total. The van der Waals surface area contributed by atoms with Crippen LogP contribution >= 0.6 is 23.1 Å². The van der Waals surface area contributed by atoms with E-state index in [1.165, 1.54) is 11.3 Å². The molecule has 3 heterocycles. The number of benzene rings is 2. The first kappa shape index (κ1) is 19.7. The van der Waals surface area contributed by atoms with Crippen molar-refractivity contribution in [3.05, 3.63) is 78.5 Å². The number of rotatable bonds is 8. The maximum Gasteiger partial charge on any atom is 0.206 e. The third-order valence-electron chi connectivity index (χ3n) is 4.69. The molecule has 0 aliphatic carbocycles. The highest BCUT2D eigenvalue weighted by Crippen LogP contribution is 2.31. The number of imidazole rings is 1. The van der Waals surface area contributed by atoms with Gasteiger partial charge >= 0.3 is 0 Å². The van der Waals surface area contributed by atoms with Gasteiger partial charge < -0.3 is 14.5 Å². The summed E-state index contributed by atoms with van der Waals surface area (Å²) in [5.41, 5.74) is 3.08. The zero-order chi connectivity index (χ0) is 21.0. The molecule has 0 spiro atoms. The van der Waals surface area contributed by atoms with Gasteiger partial charge in [-0.25, -0.2) is 4.98 Å². The van der Waals surface area contributed by atoms with Crippen molar-refractivity contribution in [3.8, 4) is 11.4 Å². The van der Waals surface area contributed by atoms with E-state index < -0.39 is 0 Å². The monoisotopic (exact) mass is 449 g/mol. The molecule has 5 aromatic rings. The molecule has 156 valence electrons. The summed E-state index contributed by atoms with van der Waals surface area (Å²) in [4.78, 5) is 4.86. The van der Waals surface area contributed by atoms with Gasteiger partial charge in [-0.1, -0.05) is 35.2 Å². The largest absolute Gasteiger partial charge is 0.497 e. The summed E-state index contributed by atoms with van der Waals surface area (Å²) < 4.78 is 13.7. The first-order chi connectivity index (χ1) is 15.3. The van der Waals surface area contributed by atoms with Crippen LogP contribution in [0.1, 0.15) is 11.6 Å². The maximum atomic E-state index is 5.34. The molecule has 0 unspecified atom stereocenters. The average Bonchev–Trinajstić information content (AvgIpc) is 3.56. The number of para-hydroxylation sites is 2. The van der Waals surface area contributed by atoms with Gasteiger partial charge in [0.15, 0.2) is 4.34 Å². The van der Waals surface area contributed by atoms with Crippen molar-refractivity contribution in [2.24, 2.45) is 0 Å². The summed E-state index contributed by atoms with van der Waals surface area (Å²) in [6.45, 7) is 0.583. The van der Waals surface area contributed by atoms with E-state index in [9.17, 15) is 0 Å². The predicted octanol–water partition coefficient (Wildman–Crippen LogP) is 5.38. The van der Waals surface area contributed by atoms with Crippen molar-refractivity contribution in [3.63, 3.8) is 0 Å². The second kappa shape index (κ2) is 8.83. The zero-order valence-corrected chi connectivity index (χ0v) is 18.3. The predicted molar refractivity (Wildman–Crippen MR) is 123 cm³/mol. The minimum absolute atomic E-state index is 0.583. The fraction of sp³-hybridized carbons (Fsp3) is 0.136. The van der Waals surface area contributed by atoms with E-state index >= 15 is 0 Å². The molecule has 0 bridgehead atoms. The van der Waals surface area contributed by atoms with E-state index in [1.54, 1.807) is 25.1 Å². The molecule has 3 aromatic heterocycles. The van der Waals surface area contributed by atoms with Gasteiger partial charge in [-0.3, -0.25) is 4.57 Å². The van der Waals surface area contributed by atoms with Gasteiger partial charge in [-0.05, 0) is 48.5 Å². The molecule has 7 nitrogen and oxygen atoms in total. The smallest absolute Gasteiger partial charge is 0.206 e. The Morgan fingerprint density at radius 1 is 1.06 bits per heavy atom. The van der Waals surface area contributed by atoms with Crippen LogP contribution in [0.2, 0.25) is 0 Å².